The molecular formula is C16H13N3O. The van der Waals surface area contributed by atoms with Gasteiger partial charge in [0.25, 0.3) is 0 Å². The van der Waals surface area contributed by atoms with Gasteiger partial charge in [0.15, 0.2) is 0 Å². The number of primary amides is 1. The van der Waals surface area contributed by atoms with E-state index < -0.39 is 5.91 Å². The Kier molecular flexibility index (Phi) is 3.05. The summed E-state index contributed by atoms with van der Waals surface area (Å²) < 4.78 is 0. The minimum absolute atomic E-state index is 0.450. The third-order valence-corrected chi connectivity index (χ3v) is 3.19. The maximum absolute atomic E-state index is 11.9. The molecule has 2 aromatic carbocycles. The van der Waals surface area contributed by atoms with Gasteiger partial charge in [0.1, 0.15) is 0 Å². The molecule has 0 saturated heterocycles. The number of H-pyrrole nitrogens is 1. The molecule has 98 valence electrons. The SMILES string of the molecule is NC(=O)c1c(-c2ccccc2)cccc1-c1ccn[nH]1. The van der Waals surface area contributed by atoms with Crippen molar-refractivity contribution in [2.75, 3.05) is 0 Å². The number of benzene rings is 2. The fourth-order valence-corrected chi connectivity index (χ4v) is 2.31. The van der Waals surface area contributed by atoms with Gasteiger partial charge in [-0.2, -0.15) is 5.10 Å². The fourth-order valence-electron chi connectivity index (χ4n) is 2.31. The topological polar surface area (TPSA) is 71.8 Å². The predicted octanol–water partition coefficient (Wildman–Crippen LogP) is 2.84. The number of carbonyl (C=O) groups is 1. The summed E-state index contributed by atoms with van der Waals surface area (Å²) >= 11 is 0. The maximum atomic E-state index is 11.9. The van der Waals surface area contributed by atoms with Crippen molar-refractivity contribution in [2.24, 2.45) is 5.73 Å². The molecule has 4 heteroatoms. The second kappa shape index (κ2) is 5.01. The molecule has 0 aliphatic rings. The molecule has 3 N–H and O–H groups in total. The number of nitrogens with two attached hydrogens (primary N) is 1. The number of hydrogen-bond donors (Lipinski definition) is 2. The molecule has 3 rings (SSSR count). The lowest BCUT2D eigenvalue weighted by atomic mass is 9.93. The normalized spacial score (nSPS) is 10.4. The van der Waals surface area contributed by atoms with E-state index in [4.69, 9.17) is 5.73 Å². The van der Waals surface area contributed by atoms with Crippen molar-refractivity contribution < 1.29 is 4.79 Å². The molecule has 1 amide bonds. The Bertz CT molecular complexity index is 734. The van der Waals surface area contributed by atoms with Crippen molar-refractivity contribution in [3.8, 4) is 22.4 Å². The van der Waals surface area contributed by atoms with Gasteiger partial charge in [-0.3, -0.25) is 9.89 Å². The number of carbonyl (C=O) groups excluding carboxylic acids is 1. The molecule has 0 aliphatic carbocycles. The van der Waals surface area contributed by atoms with E-state index in [1.165, 1.54) is 0 Å². The van der Waals surface area contributed by atoms with Crippen molar-refractivity contribution >= 4 is 5.91 Å². The van der Waals surface area contributed by atoms with Gasteiger partial charge < -0.3 is 5.73 Å². The van der Waals surface area contributed by atoms with Crippen LogP contribution in [0.5, 0.6) is 0 Å². The minimum atomic E-state index is -0.450. The summed E-state index contributed by atoms with van der Waals surface area (Å²) in [4.78, 5) is 11.9. The largest absolute Gasteiger partial charge is 0.366 e. The van der Waals surface area contributed by atoms with E-state index in [9.17, 15) is 4.79 Å². The molecule has 0 spiro atoms. The number of rotatable bonds is 3. The lowest BCUT2D eigenvalue weighted by molar-refractivity contribution is 0.100. The van der Waals surface area contributed by atoms with Crippen molar-refractivity contribution in [1.29, 1.82) is 0 Å². The first-order valence-electron chi connectivity index (χ1n) is 6.25. The highest BCUT2D eigenvalue weighted by Gasteiger charge is 2.16. The van der Waals surface area contributed by atoms with Crippen molar-refractivity contribution in [3.63, 3.8) is 0 Å². The molecule has 1 aromatic heterocycles. The lowest BCUT2D eigenvalue weighted by Gasteiger charge is -2.11. The Morgan fingerprint density at radius 1 is 0.950 bits per heavy atom. The van der Waals surface area contributed by atoms with Crippen LogP contribution < -0.4 is 5.73 Å². The van der Waals surface area contributed by atoms with Crippen LogP contribution in [0.15, 0.2) is 60.8 Å². The van der Waals surface area contributed by atoms with Crippen LogP contribution in [0.4, 0.5) is 0 Å². The van der Waals surface area contributed by atoms with E-state index in [2.05, 4.69) is 10.2 Å². The van der Waals surface area contributed by atoms with Gasteiger partial charge in [-0.25, -0.2) is 0 Å². The maximum Gasteiger partial charge on any atom is 0.250 e. The molecule has 1 heterocycles. The molecular weight excluding hydrogens is 250 g/mol. The Balaban J connectivity index is 2.26. The van der Waals surface area contributed by atoms with E-state index >= 15 is 0 Å². The smallest absolute Gasteiger partial charge is 0.250 e. The summed E-state index contributed by atoms with van der Waals surface area (Å²) in [5.74, 6) is -0.450. The van der Waals surface area contributed by atoms with Crippen LogP contribution in [-0.2, 0) is 0 Å². The van der Waals surface area contributed by atoms with E-state index in [-0.39, 0.29) is 0 Å². The first-order chi connectivity index (χ1) is 9.77. The predicted molar refractivity (Wildman–Crippen MR) is 78.0 cm³/mol. The Morgan fingerprint density at radius 3 is 2.35 bits per heavy atom. The molecule has 0 atom stereocenters. The second-order valence-corrected chi connectivity index (χ2v) is 4.43. The first-order valence-corrected chi connectivity index (χ1v) is 6.25. The summed E-state index contributed by atoms with van der Waals surface area (Å²) in [6.45, 7) is 0. The summed E-state index contributed by atoms with van der Waals surface area (Å²) in [6, 6.07) is 17.2. The fraction of sp³-hybridized carbons (Fsp3) is 0. The van der Waals surface area contributed by atoms with E-state index in [0.29, 0.717) is 5.56 Å². The van der Waals surface area contributed by atoms with Gasteiger partial charge in [-0.05, 0) is 17.2 Å². The van der Waals surface area contributed by atoms with Crippen molar-refractivity contribution in [1.82, 2.24) is 10.2 Å². The van der Waals surface area contributed by atoms with Gasteiger partial charge in [0.2, 0.25) is 5.91 Å². The Hall–Kier alpha value is -2.88. The number of aromatic nitrogens is 2. The van der Waals surface area contributed by atoms with Crippen LogP contribution in [0, 0.1) is 0 Å². The van der Waals surface area contributed by atoms with Gasteiger partial charge in [-0.1, -0.05) is 48.5 Å². The highest BCUT2D eigenvalue weighted by molar-refractivity contribution is 6.05. The Labute approximate surface area is 116 Å². The molecule has 0 bridgehead atoms. The Morgan fingerprint density at radius 2 is 1.70 bits per heavy atom. The zero-order valence-corrected chi connectivity index (χ0v) is 10.7. The van der Waals surface area contributed by atoms with Crippen LogP contribution >= 0.6 is 0 Å². The number of nitrogens with one attached hydrogen (secondary N) is 1. The zero-order valence-electron chi connectivity index (χ0n) is 10.7. The quantitative estimate of drug-likeness (QED) is 0.762. The van der Waals surface area contributed by atoms with Crippen LogP contribution in [0.2, 0.25) is 0 Å². The monoisotopic (exact) mass is 263 g/mol. The number of aromatic amines is 1. The van der Waals surface area contributed by atoms with Crippen LogP contribution in [0.25, 0.3) is 22.4 Å². The van der Waals surface area contributed by atoms with Crippen molar-refractivity contribution in [3.05, 3.63) is 66.4 Å². The zero-order chi connectivity index (χ0) is 13.9. The molecule has 20 heavy (non-hydrogen) atoms. The van der Waals surface area contributed by atoms with E-state index in [1.807, 2.05) is 54.6 Å². The first kappa shape index (κ1) is 12.2. The van der Waals surface area contributed by atoms with Gasteiger partial charge in [0, 0.05) is 11.8 Å². The van der Waals surface area contributed by atoms with E-state index in [0.717, 1.165) is 22.4 Å². The van der Waals surface area contributed by atoms with Crippen LogP contribution in [0.1, 0.15) is 10.4 Å². The molecule has 4 nitrogen and oxygen atoms in total. The molecule has 0 aliphatic heterocycles. The highest BCUT2D eigenvalue weighted by atomic mass is 16.1. The number of amides is 1. The van der Waals surface area contributed by atoms with Gasteiger partial charge in [-0.15, -0.1) is 0 Å². The van der Waals surface area contributed by atoms with E-state index in [1.54, 1.807) is 6.20 Å². The highest BCUT2D eigenvalue weighted by Crippen LogP contribution is 2.31. The van der Waals surface area contributed by atoms with Crippen LogP contribution in [-0.4, -0.2) is 16.1 Å². The van der Waals surface area contributed by atoms with Gasteiger partial charge >= 0.3 is 0 Å². The molecule has 0 unspecified atom stereocenters. The molecule has 3 aromatic rings. The van der Waals surface area contributed by atoms with Crippen molar-refractivity contribution in [2.45, 2.75) is 0 Å². The standard InChI is InChI=1S/C16H13N3O/c17-16(20)15-12(11-5-2-1-3-6-11)7-4-8-13(15)14-9-10-18-19-14/h1-10H,(H2,17,20)(H,18,19). The third kappa shape index (κ3) is 2.07. The minimum Gasteiger partial charge on any atom is -0.366 e. The number of nitrogens with zero attached hydrogens (tertiary/aromatic N) is 1. The average molecular weight is 263 g/mol. The summed E-state index contributed by atoms with van der Waals surface area (Å²) in [7, 11) is 0. The third-order valence-electron chi connectivity index (χ3n) is 3.19. The average Bonchev–Trinajstić information content (AvgIpc) is 3.01. The molecule has 0 saturated carbocycles. The second-order valence-electron chi connectivity index (χ2n) is 4.43. The van der Waals surface area contributed by atoms with Crippen LogP contribution in [0.3, 0.4) is 0 Å². The molecule has 0 fully saturated rings. The van der Waals surface area contributed by atoms with Gasteiger partial charge in [0.05, 0.1) is 11.3 Å². The number of hydrogen-bond acceptors (Lipinski definition) is 2. The molecule has 0 radical (unpaired) electrons. The summed E-state index contributed by atoms with van der Waals surface area (Å²) in [5, 5.41) is 6.79. The lowest BCUT2D eigenvalue weighted by Crippen LogP contribution is -2.14. The summed E-state index contributed by atoms with van der Waals surface area (Å²) in [5.41, 5.74) is 9.41. The summed E-state index contributed by atoms with van der Waals surface area (Å²) in [6.07, 6.45) is 1.65.